The van der Waals surface area contributed by atoms with Gasteiger partial charge in [0.2, 0.25) is 0 Å². The predicted octanol–water partition coefficient (Wildman–Crippen LogP) is 2.37. The summed E-state index contributed by atoms with van der Waals surface area (Å²) in [6.07, 6.45) is 2.38. The van der Waals surface area contributed by atoms with E-state index < -0.39 is 0 Å². The van der Waals surface area contributed by atoms with E-state index >= 15 is 0 Å². The van der Waals surface area contributed by atoms with Crippen LogP contribution in [0.25, 0.3) is 0 Å². The molecule has 1 aromatic rings. The van der Waals surface area contributed by atoms with Gasteiger partial charge >= 0.3 is 0 Å². The average molecular weight is 213 g/mol. The molecule has 0 aliphatic carbocycles. The van der Waals surface area contributed by atoms with Crippen LogP contribution in [0.4, 0.5) is 0 Å². The first-order chi connectivity index (χ1) is 6.36. The van der Waals surface area contributed by atoms with E-state index in [4.69, 9.17) is 5.73 Å². The highest BCUT2D eigenvalue weighted by molar-refractivity contribution is 7.99. The predicted molar refractivity (Wildman–Crippen MR) is 61.4 cm³/mol. The first kappa shape index (κ1) is 9.56. The zero-order valence-electron chi connectivity index (χ0n) is 7.61. The second-order valence-corrected chi connectivity index (χ2v) is 5.75. The molecule has 1 aromatic heterocycles. The van der Waals surface area contributed by atoms with Gasteiger partial charge in [-0.3, -0.25) is 0 Å². The monoisotopic (exact) mass is 213 g/mol. The summed E-state index contributed by atoms with van der Waals surface area (Å²) in [5.74, 6) is 3.21. The van der Waals surface area contributed by atoms with Crippen molar-refractivity contribution in [3.63, 3.8) is 0 Å². The molecule has 0 radical (unpaired) electrons. The van der Waals surface area contributed by atoms with Crippen molar-refractivity contribution in [2.24, 2.45) is 11.7 Å². The average Bonchev–Trinajstić information content (AvgIpc) is 2.61. The molecule has 0 saturated carbocycles. The van der Waals surface area contributed by atoms with Crippen LogP contribution in [0.5, 0.6) is 0 Å². The van der Waals surface area contributed by atoms with Crippen LogP contribution in [0.2, 0.25) is 0 Å². The van der Waals surface area contributed by atoms with Gasteiger partial charge in [-0.1, -0.05) is 6.07 Å². The minimum absolute atomic E-state index is 0.434. The van der Waals surface area contributed by atoms with Gasteiger partial charge < -0.3 is 5.73 Å². The van der Waals surface area contributed by atoms with Crippen molar-refractivity contribution in [1.82, 2.24) is 0 Å². The molecule has 72 valence electrons. The maximum Gasteiger partial charge on any atom is 0.00863 e. The largest absolute Gasteiger partial charge is 0.327 e. The van der Waals surface area contributed by atoms with Gasteiger partial charge in [-0.2, -0.15) is 11.8 Å². The van der Waals surface area contributed by atoms with Crippen LogP contribution in [0.15, 0.2) is 17.5 Å². The summed E-state index contributed by atoms with van der Waals surface area (Å²) in [4.78, 5) is 1.49. The maximum atomic E-state index is 6.09. The standard InChI is InChI=1S/C10H15NS2/c11-10-3-5-12-7-8(10)6-9-2-1-4-13-9/h1-2,4,8,10H,3,5-7,11H2. The Bertz CT molecular complexity index is 245. The van der Waals surface area contributed by atoms with Crippen LogP contribution >= 0.6 is 23.1 Å². The lowest BCUT2D eigenvalue weighted by Crippen LogP contribution is -2.36. The summed E-state index contributed by atoms with van der Waals surface area (Å²) < 4.78 is 0. The number of hydrogen-bond acceptors (Lipinski definition) is 3. The van der Waals surface area contributed by atoms with Gasteiger partial charge in [-0.25, -0.2) is 0 Å². The van der Waals surface area contributed by atoms with Crippen LogP contribution in [0, 0.1) is 5.92 Å². The van der Waals surface area contributed by atoms with Crippen LogP contribution in [-0.2, 0) is 6.42 Å². The lowest BCUT2D eigenvalue weighted by molar-refractivity contribution is 0.443. The Balaban J connectivity index is 1.93. The molecule has 2 rings (SSSR count). The van der Waals surface area contributed by atoms with Gasteiger partial charge in [0.25, 0.3) is 0 Å². The number of hydrogen-bond donors (Lipinski definition) is 1. The van der Waals surface area contributed by atoms with Gasteiger partial charge in [-0.05, 0) is 41.7 Å². The molecule has 2 N–H and O–H groups in total. The highest BCUT2D eigenvalue weighted by Gasteiger charge is 2.22. The highest BCUT2D eigenvalue weighted by Crippen LogP contribution is 2.26. The quantitative estimate of drug-likeness (QED) is 0.816. The molecular formula is C10H15NS2. The molecule has 1 fully saturated rings. The van der Waals surface area contributed by atoms with Crippen molar-refractivity contribution in [2.75, 3.05) is 11.5 Å². The summed E-state index contributed by atoms with van der Waals surface area (Å²) in [6.45, 7) is 0. The van der Waals surface area contributed by atoms with Crippen molar-refractivity contribution in [3.8, 4) is 0 Å². The molecule has 1 nitrogen and oxygen atoms in total. The molecule has 0 spiro atoms. The zero-order chi connectivity index (χ0) is 9.10. The Morgan fingerprint density at radius 1 is 1.54 bits per heavy atom. The maximum absolute atomic E-state index is 6.09. The van der Waals surface area contributed by atoms with E-state index in [1.54, 1.807) is 0 Å². The van der Waals surface area contributed by atoms with E-state index in [0.717, 1.165) is 0 Å². The van der Waals surface area contributed by atoms with E-state index in [1.165, 1.54) is 29.2 Å². The number of thiophene rings is 1. The minimum atomic E-state index is 0.434. The molecule has 0 bridgehead atoms. The van der Waals surface area contributed by atoms with Crippen molar-refractivity contribution in [1.29, 1.82) is 0 Å². The molecule has 2 heterocycles. The third-order valence-electron chi connectivity index (χ3n) is 2.58. The summed E-state index contributed by atoms with van der Waals surface area (Å²) in [7, 11) is 0. The van der Waals surface area contributed by atoms with Crippen LogP contribution < -0.4 is 5.73 Å². The number of nitrogens with two attached hydrogens (primary N) is 1. The van der Waals surface area contributed by atoms with E-state index in [1.807, 2.05) is 11.3 Å². The molecule has 2 unspecified atom stereocenters. The SMILES string of the molecule is NC1CCSCC1Cc1cccs1. The van der Waals surface area contributed by atoms with Crippen LogP contribution in [0.1, 0.15) is 11.3 Å². The summed E-state index contributed by atoms with van der Waals surface area (Å²) in [5.41, 5.74) is 6.09. The van der Waals surface area contributed by atoms with Crippen molar-refractivity contribution in [3.05, 3.63) is 22.4 Å². The van der Waals surface area contributed by atoms with Crippen LogP contribution in [0.3, 0.4) is 0 Å². The first-order valence-electron chi connectivity index (χ1n) is 4.72. The lowest BCUT2D eigenvalue weighted by atomic mass is 9.96. The Kier molecular flexibility index (Phi) is 3.30. The fraction of sp³-hybridized carbons (Fsp3) is 0.600. The molecule has 1 aliphatic heterocycles. The molecule has 1 aliphatic rings. The van der Waals surface area contributed by atoms with Gasteiger partial charge in [0.15, 0.2) is 0 Å². The fourth-order valence-electron chi connectivity index (χ4n) is 1.71. The Morgan fingerprint density at radius 3 is 3.15 bits per heavy atom. The minimum Gasteiger partial charge on any atom is -0.327 e. The third kappa shape index (κ3) is 2.48. The topological polar surface area (TPSA) is 26.0 Å². The summed E-state index contributed by atoms with van der Waals surface area (Å²) in [6, 6.07) is 4.78. The fourth-order valence-corrected chi connectivity index (χ4v) is 3.78. The Hall–Kier alpha value is 0.01000. The molecular weight excluding hydrogens is 198 g/mol. The van der Waals surface area contributed by atoms with E-state index in [0.29, 0.717) is 12.0 Å². The molecule has 0 amide bonds. The highest BCUT2D eigenvalue weighted by atomic mass is 32.2. The third-order valence-corrected chi connectivity index (χ3v) is 4.66. The normalized spacial score (nSPS) is 29.0. The Labute approximate surface area is 87.7 Å². The summed E-state index contributed by atoms with van der Waals surface area (Å²) >= 11 is 3.91. The smallest absolute Gasteiger partial charge is 0.00863 e. The lowest BCUT2D eigenvalue weighted by Gasteiger charge is -2.27. The summed E-state index contributed by atoms with van der Waals surface area (Å²) in [5, 5.41) is 2.15. The van der Waals surface area contributed by atoms with Gasteiger partial charge in [0.1, 0.15) is 0 Å². The van der Waals surface area contributed by atoms with E-state index in [2.05, 4.69) is 29.3 Å². The molecule has 0 aromatic carbocycles. The van der Waals surface area contributed by atoms with Gasteiger partial charge in [-0.15, -0.1) is 11.3 Å². The first-order valence-corrected chi connectivity index (χ1v) is 6.75. The van der Waals surface area contributed by atoms with Gasteiger partial charge in [0.05, 0.1) is 0 Å². The zero-order valence-corrected chi connectivity index (χ0v) is 9.24. The number of rotatable bonds is 2. The second kappa shape index (κ2) is 4.49. The van der Waals surface area contributed by atoms with E-state index in [9.17, 15) is 0 Å². The van der Waals surface area contributed by atoms with Crippen molar-refractivity contribution in [2.45, 2.75) is 18.9 Å². The van der Waals surface area contributed by atoms with Gasteiger partial charge in [0, 0.05) is 10.9 Å². The Morgan fingerprint density at radius 2 is 2.46 bits per heavy atom. The molecule has 2 atom stereocenters. The molecule has 1 saturated heterocycles. The van der Waals surface area contributed by atoms with Crippen molar-refractivity contribution < 1.29 is 0 Å². The number of thioether (sulfide) groups is 1. The van der Waals surface area contributed by atoms with Crippen LogP contribution in [-0.4, -0.2) is 17.5 Å². The molecule has 3 heteroatoms. The van der Waals surface area contributed by atoms with Crippen molar-refractivity contribution >= 4 is 23.1 Å². The molecule has 13 heavy (non-hydrogen) atoms. The van der Waals surface area contributed by atoms with E-state index in [-0.39, 0.29) is 0 Å². The second-order valence-electron chi connectivity index (χ2n) is 3.57.